The minimum atomic E-state index is -3.95. The fraction of sp³-hybridized carbons (Fsp3) is 0.130. The third kappa shape index (κ3) is 6.74. The van der Waals surface area contributed by atoms with E-state index in [9.17, 15) is 13.2 Å². The second-order valence-electron chi connectivity index (χ2n) is 7.06. The van der Waals surface area contributed by atoms with Gasteiger partial charge in [-0.25, -0.2) is 13.8 Å². The second-order valence-corrected chi connectivity index (χ2v) is 10.4. The molecule has 0 radical (unpaired) electrons. The first-order valence-corrected chi connectivity index (χ1v) is 12.2. The molecule has 0 unspecified atom stereocenters. The fourth-order valence-electron chi connectivity index (χ4n) is 2.84. The van der Waals surface area contributed by atoms with Crippen LogP contribution in [0.2, 0.25) is 5.02 Å². The lowest BCUT2D eigenvalue weighted by Gasteiger charge is -2.21. The Morgan fingerprint density at radius 1 is 1.09 bits per heavy atom. The van der Waals surface area contributed by atoms with Gasteiger partial charge in [0, 0.05) is 16.0 Å². The lowest BCUT2D eigenvalue weighted by atomic mass is 10.1. The Balaban J connectivity index is 1.79. The molecule has 0 aliphatic carbocycles. The van der Waals surface area contributed by atoms with Gasteiger partial charge in [0.1, 0.15) is 0 Å². The zero-order chi connectivity index (χ0) is 23.1. The summed E-state index contributed by atoms with van der Waals surface area (Å²) in [5.41, 5.74) is 5.00. The summed E-state index contributed by atoms with van der Waals surface area (Å²) < 4.78 is 28.5. The molecular weight excluding hydrogens is 514 g/mol. The van der Waals surface area contributed by atoms with Crippen molar-refractivity contribution in [2.45, 2.75) is 18.4 Å². The molecule has 0 saturated heterocycles. The molecule has 3 aromatic rings. The molecule has 0 aromatic heterocycles. The van der Waals surface area contributed by atoms with E-state index in [1.54, 1.807) is 0 Å². The minimum absolute atomic E-state index is 0.0357. The number of carbonyl (C=O) groups is 1. The predicted molar refractivity (Wildman–Crippen MR) is 130 cm³/mol. The topological polar surface area (TPSA) is 78.8 Å². The molecular formula is C23H21BrClN3O3S. The van der Waals surface area contributed by atoms with E-state index in [0.717, 1.165) is 25.5 Å². The number of hydrogen-bond acceptors (Lipinski definition) is 4. The zero-order valence-corrected chi connectivity index (χ0v) is 20.4. The van der Waals surface area contributed by atoms with Gasteiger partial charge in [-0.1, -0.05) is 69.5 Å². The first kappa shape index (κ1) is 24.1. The van der Waals surface area contributed by atoms with Gasteiger partial charge in [-0.05, 0) is 54.4 Å². The number of benzene rings is 3. The van der Waals surface area contributed by atoms with Gasteiger partial charge in [0.2, 0.25) is 10.0 Å². The third-order valence-corrected chi connectivity index (χ3v) is 7.05. The smallest absolute Gasteiger partial charge is 0.255 e. The van der Waals surface area contributed by atoms with Gasteiger partial charge in [-0.15, -0.1) is 0 Å². The number of nitrogens with one attached hydrogen (secondary N) is 1. The summed E-state index contributed by atoms with van der Waals surface area (Å²) in [6.07, 6.45) is 1.49. The van der Waals surface area contributed by atoms with Crippen molar-refractivity contribution in [1.29, 1.82) is 0 Å². The number of aryl methyl sites for hydroxylation is 1. The molecule has 3 aromatic carbocycles. The van der Waals surface area contributed by atoms with Gasteiger partial charge in [-0.3, -0.25) is 4.79 Å². The third-order valence-electron chi connectivity index (χ3n) is 4.50. The first-order valence-electron chi connectivity index (χ1n) is 9.63. The highest BCUT2D eigenvalue weighted by atomic mass is 79.9. The highest BCUT2D eigenvalue weighted by molar-refractivity contribution is 9.10. The summed E-state index contributed by atoms with van der Waals surface area (Å²) in [4.78, 5) is 12.6. The first-order chi connectivity index (χ1) is 15.2. The van der Waals surface area contributed by atoms with Crippen LogP contribution in [0.4, 0.5) is 0 Å². The van der Waals surface area contributed by atoms with Crippen LogP contribution in [0.5, 0.6) is 0 Å². The van der Waals surface area contributed by atoms with E-state index in [1.165, 1.54) is 30.5 Å². The Labute approximate surface area is 201 Å². The molecule has 0 aliphatic heterocycles. The number of nitrogens with zero attached hydrogens (tertiary/aromatic N) is 2. The summed E-state index contributed by atoms with van der Waals surface area (Å²) in [6.45, 7) is 1.59. The number of sulfonamides is 1. The standard InChI is InChI=1S/C23H21BrClN3O3S/c1-17-5-7-18(8-6-17)15-28(32(30,31)22-11-9-21(25)10-12-22)16-23(29)27-26-14-19-3-2-4-20(24)13-19/h2-14H,15-16H2,1H3,(H,27,29)/b26-14-. The largest absolute Gasteiger partial charge is 0.272 e. The van der Waals surface area contributed by atoms with Crippen LogP contribution >= 0.6 is 27.5 Å². The molecule has 0 spiro atoms. The number of rotatable bonds is 8. The Bertz CT molecular complexity index is 1210. The highest BCUT2D eigenvalue weighted by Gasteiger charge is 2.27. The number of amides is 1. The molecule has 0 heterocycles. The molecule has 0 aliphatic rings. The molecule has 0 saturated carbocycles. The number of hydrazone groups is 1. The van der Waals surface area contributed by atoms with E-state index in [0.29, 0.717) is 5.02 Å². The van der Waals surface area contributed by atoms with Gasteiger partial charge >= 0.3 is 0 Å². The lowest BCUT2D eigenvalue weighted by Crippen LogP contribution is -2.39. The van der Waals surface area contributed by atoms with Crippen molar-refractivity contribution < 1.29 is 13.2 Å². The highest BCUT2D eigenvalue weighted by Crippen LogP contribution is 2.20. The van der Waals surface area contributed by atoms with Crippen molar-refractivity contribution in [3.63, 3.8) is 0 Å². The monoisotopic (exact) mass is 533 g/mol. The van der Waals surface area contributed by atoms with Crippen molar-refractivity contribution in [2.24, 2.45) is 5.10 Å². The van der Waals surface area contributed by atoms with E-state index in [-0.39, 0.29) is 11.4 Å². The van der Waals surface area contributed by atoms with Crippen molar-refractivity contribution in [1.82, 2.24) is 9.73 Å². The molecule has 32 heavy (non-hydrogen) atoms. The normalized spacial score (nSPS) is 11.8. The molecule has 1 N–H and O–H groups in total. The van der Waals surface area contributed by atoms with Gasteiger partial charge in [0.15, 0.2) is 0 Å². The summed E-state index contributed by atoms with van der Waals surface area (Å²) in [6, 6.07) is 20.7. The van der Waals surface area contributed by atoms with E-state index in [4.69, 9.17) is 11.6 Å². The average molecular weight is 535 g/mol. The van der Waals surface area contributed by atoms with Gasteiger partial charge in [0.25, 0.3) is 5.91 Å². The van der Waals surface area contributed by atoms with Gasteiger partial charge < -0.3 is 0 Å². The average Bonchev–Trinajstić information content (AvgIpc) is 2.75. The Hall–Kier alpha value is -2.52. The molecule has 0 fully saturated rings. The van der Waals surface area contributed by atoms with Crippen LogP contribution in [0.25, 0.3) is 0 Å². The second kappa shape index (κ2) is 10.9. The molecule has 9 heteroatoms. The molecule has 6 nitrogen and oxygen atoms in total. The van der Waals surface area contributed by atoms with Crippen LogP contribution in [-0.2, 0) is 21.4 Å². The van der Waals surface area contributed by atoms with Crippen LogP contribution in [0, 0.1) is 6.92 Å². The molecule has 1 amide bonds. The Kier molecular flexibility index (Phi) is 8.20. The lowest BCUT2D eigenvalue weighted by molar-refractivity contribution is -0.121. The molecule has 3 rings (SSSR count). The summed E-state index contributed by atoms with van der Waals surface area (Å²) in [5.74, 6) is -0.555. The number of hydrogen-bond donors (Lipinski definition) is 1. The van der Waals surface area contributed by atoms with Gasteiger partial charge in [-0.2, -0.15) is 9.41 Å². The quantitative estimate of drug-likeness (QED) is 0.335. The maximum Gasteiger partial charge on any atom is 0.255 e. The van der Waals surface area contributed by atoms with Crippen LogP contribution in [0.15, 0.2) is 87.3 Å². The Morgan fingerprint density at radius 2 is 1.78 bits per heavy atom. The van der Waals surface area contributed by atoms with Crippen LogP contribution in [0.1, 0.15) is 16.7 Å². The number of halogens is 2. The van der Waals surface area contributed by atoms with E-state index >= 15 is 0 Å². The Morgan fingerprint density at radius 3 is 2.44 bits per heavy atom. The summed E-state index contributed by atoms with van der Waals surface area (Å²) in [5, 5.41) is 4.36. The van der Waals surface area contributed by atoms with Gasteiger partial charge in [0.05, 0.1) is 17.7 Å². The summed E-state index contributed by atoms with van der Waals surface area (Å²) >= 11 is 9.27. The molecule has 0 atom stereocenters. The van der Waals surface area contributed by atoms with Crippen LogP contribution in [-0.4, -0.2) is 31.4 Å². The van der Waals surface area contributed by atoms with E-state index in [1.807, 2.05) is 55.5 Å². The van der Waals surface area contributed by atoms with Crippen LogP contribution < -0.4 is 5.43 Å². The van der Waals surface area contributed by atoms with E-state index < -0.39 is 22.5 Å². The van der Waals surface area contributed by atoms with Crippen molar-refractivity contribution in [3.8, 4) is 0 Å². The number of carbonyl (C=O) groups excluding carboxylic acids is 1. The maximum atomic E-state index is 13.2. The van der Waals surface area contributed by atoms with Crippen molar-refractivity contribution in [3.05, 3.63) is 99.0 Å². The minimum Gasteiger partial charge on any atom is -0.272 e. The predicted octanol–water partition coefficient (Wildman–Crippen LogP) is 4.75. The summed E-state index contributed by atoms with van der Waals surface area (Å²) in [7, 11) is -3.95. The SMILES string of the molecule is Cc1ccc(CN(CC(=O)N/N=C\c2cccc(Br)c2)S(=O)(=O)c2ccc(Cl)cc2)cc1. The van der Waals surface area contributed by atoms with Crippen LogP contribution in [0.3, 0.4) is 0 Å². The van der Waals surface area contributed by atoms with Crippen molar-refractivity contribution in [2.75, 3.05) is 6.54 Å². The van der Waals surface area contributed by atoms with E-state index in [2.05, 4.69) is 26.5 Å². The fourth-order valence-corrected chi connectivity index (χ4v) is 4.77. The zero-order valence-electron chi connectivity index (χ0n) is 17.2. The van der Waals surface area contributed by atoms with Crippen molar-refractivity contribution >= 4 is 49.7 Å². The molecule has 166 valence electrons. The maximum absolute atomic E-state index is 13.2. The molecule has 0 bridgehead atoms.